The van der Waals surface area contributed by atoms with Gasteiger partial charge < -0.3 is 9.84 Å². The SMILES string of the molecule is CCCOc1ccccc1C(O)c1ccc(C)c(Cl)c1. The molecule has 2 aromatic carbocycles. The minimum Gasteiger partial charge on any atom is -0.493 e. The maximum absolute atomic E-state index is 10.5. The number of ether oxygens (including phenoxy) is 1. The van der Waals surface area contributed by atoms with Crippen molar-refractivity contribution in [3.8, 4) is 5.75 Å². The van der Waals surface area contributed by atoms with Crippen LogP contribution in [0.2, 0.25) is 5.02 Å². The van der Waals surface area contributed by atoms with Gasteiger partial charge in [-0.2, -0.15) is 0 Å². The summed E-state index contributed by atoms with van der Waals surface area (Å²) in [5, 5.41) is 11.2. The largest absolute Gasteiger partial charge is 0.493 e. The van der Waals surface area contributed by atoms with Gasteiger partial charge in [0.05, 0.1) is 6.61 Å². The van der Waals surface area contributed by atoms with E-state index in [1.807, 2.05) is 43.3 Å². The lowest BCUT2D eigenvalue weighted by atomic mass is 10.00. The fourth-order valence-electron chi connectivity index (χ4n) is 2.01. The van der Waals surface area contributed by atoms with Gasteiger partial charge in [-0.1, -0.05) is 48.9 Å². The summed E-state index contributed by atoms with van der Waals surface area (Å²) in [4.78, 5) is 0. The highest BCUT2D eigenvalue weighted by atomic mass is 35.5. The molecule has 0 aliphatic carbocycles. The first-order valence-electron chi connectivity index (χ1n) is 6.79. The molecule has 0 aliphatic heterocycles. The molecule has 0 heterocycles. The minimum atomic E-state index is -0.735. The van der Waals surface area contributed by atoms with Gasteiger partial charge in [-0.3, -0.25) is 0 Å². The van der Waals surface area contributed by atoms with E-state index in [1.165, 1.54) is 0 Å². The van der Waals surface area contributed by atoms with Crippen LogP contribution in [-0.4, -0.2) is 11.7 Å². The van der Waals surface area contributed by atoms with Gasteiger partial charge >= 0.3 is 0 Å². The van der Waals surface area contributed by atoms with Gasteiger partial charge in [-0.15, -0.1) is 0 Å². The van der Waals surface area contributed by atoms with Gasteiger partial charge in [0.2, 0.25) is 0 Å². The van der Waals surface area contributed by atoms with E-state index in [9.17, 15) is 5.11 Å². The number of aliphatic hydroxyl groups excluding tert-OH is 1. The summed E-state index contributed by atoms with van der Waals surface area (Å²) in [5.41, 5.74) is 2.53. The lowest BCUT2D eigenvalue weighted by molar-refractivity contribution is 0.210. The molecule has 0 saturated carbocycles. The van der Waals surface area contributed by atoms with Crippen LogP contribution in [0.5, 0.6) is 5.75 Å². The van der Waals surface area contributed by atoms with Crippen molar-refractivity contribution in [2.45, 2.75) is 26.4 Å². The molecule has 0 fully saturated rings. The quantitative estimate of drug-likeness (QED) is 0.877. The lowest BCUT2D eigenvalue weighted by Gasteiger charge is -2.17. The zero-order chi connectivity index (χ0) is 14.5. The highest BCUT2D eigenvalue weighted by Crippen LogP contribution is 2.31. The second kappa shape index (κ2) is 6.78. The summed E-state index contributed by atoms with van der Waals surface area (Å²) >= 11 is 6.13. The van der Waals surface area contributed by atoms with Crippen molar-refractivity contribution < 1.29 is 9.84 Å². The number of aryl methyl sites for hydroxylation is 1. The van der Waals surface area contributed by atoms with Crippen molar-refractivity contribution >= 4 is 11.6 Å². The normalized spacial score (nSPS) is 12.2. The zero-order valence-corrected chi connectivity index (χ0v) is 12.5. The predicted octanol–water partition coefficient (Wildman–Crippen LogP) is 4.52. The Hall–Kier alpha value is -1.51. The number of hydrogen-bond acceptors (Lipinski definition) is 2. The average molecular weight is 291 g/mol. The first-order chi connectivity index (χ1) is 9.63. The Morgan fingerprint density at radius 3 is 2.65 bits per heavy atom. The fourth-order valence-corrected chi connectivity index (χ4v) is 2.20. The average Bonchev–Trinajstić information content (AvgIpc) is 2.47. The molecule has 2 nitrogen and oxygen atoms in total. The summed E-state index contributed by atoms with van der Waals surface area (Å²) in [6.07, 6.45) is 0.196. The van der Waals surface area contributed by atoms with E-state index in [0.29, 0.717) is 11.6 Å². The topological polar surface area (TPSA) is 29.5 Å². The third-order valence-electron chi connectivity index (χ3n) is 3.19. The molecule has 0 bridgehead atoms. The second-order valence-electron chi connectivity index (χ2n) is 4.80. The van der Waals surface area contributed by atoms with E-state index in [4.69, 9.17) is 16.3 Å². The van der Waals surface area contributed by atoms with Crippen molar-refractivity contribution in [1.82, 2.24) is 0 Å². The molecule has 1 unspecified atom stereocenters. The molecule has 0 spiro atoms. The summed E-state index contributed by atoms with van der Waals surface area (Å²) in [5.74, 6) is 0.721. The number of aliphatic hydroxyl groups is 1. The highest BCUT2D eigenvalue weighted by molar-refractivity contribution is 6.31. The van der Waals surface area contributed by atoms with Gasteiger partial charge in [-0.25, -0.2) is 0 Å². The molecule has 0 aromatic heterocycles. The summed E-state index contributed by atoms with van der Waals surface area (Å²) in [7, 11) is 0. The molecule has 0 radical (unpaired) electrons. The standard InChI is InChI=1S/C17H19ClO2/c1-3-10-20-16-7-5-4-6-14(16)17(19)13-9-8-12(2)15(18)11-13/h4-9,11,17,19H,3,10H2,1-2H3. The Morgan fingerprint density at radius 2 is 1.95 bits per heavy atom. The van der Waals surface area contributed by atoms with E-state index in [1.54, 1.807) is 6.07 Å². The van der Waals surface area contributed by atoms with Crippen LogP contribution in [-0.2, 0) is 0 Å². The van der Waals surface area contributed by atoms with Crippen LogP contribution in [0.4, 0.5) is 0 Å². The number of rotatable bonds is 5. The molecular formula is C17H19ClO2. The van der Waals surface area contributed by atoms with Crippen molar-refractivity contribution in [2.24, 2.45) is 0 Å². The van der Waals surface area contributed by atoms with E-state index >= 15 is 0 Å². The molecule has 2 rings (SSSR count). The van der Waals surface area contributed by atoms with Crippen LogP contribution < -0.4 is 4.74 Å². The molecule has 0 aliphatic rings. The Bertz CT molecular complexity index is 581. The van der Waals surface area contributed by atoms with Gasteiger partial charge in [0, 0.05) is 10.6 Å². The number of para-hydroxylation sites is 1. The number of benzene rings is 2. The van der Waals surface area contributed by atoms with Crippen LogP contribution >= 0.6 is 11.6 Å². The van der Waals surface area contributed by atoms with E-state index in [0.717, 1.165) is 28.9 Å². The molecule has 2 aromatic rings. The van der Waals surface area contributed by atoms with Crippen LogP contribution in [0.15, 0.2) is 42.5 Å². The third kappa shape index (κ3) is 3.33. The Labute approximate surface area is 125 Å². The second-order valence-corrected chi connectivity index (χ2v) is 5.20. The van der Waals surface area contributed by atoms with Crippen molar-refractivity contribution in [2.75, 3.05) is 6.61 Å². The van der Waals surface area contributed by atoms with Gasteiger partial charge in [-0.05, 0) is 36.6 Å². The maximum Gasteiger partial charge on any atom is 0.125 e. The van der Waals surface area contributed by atoms with E-state index in [2.05, 4.69) is 6.92 Å². The monoisotopic (exact) mass is 290 g/mol. The number of halogens is 1. The predicted molar refractivity (Wildman–Crippen MR) is 82.5 cm³/mol. The molecule has 20 heavy (non-hydrogen) atoms. The van der Waals surface area contributed by atoms with E-state index in [-0.39, 0.29) is 0 Å². The van der Waals surface area contributed by atoms with Crippen LogP contribution in [0.25, 0.3) is 0 Å². The van der Waals surface area contributed by atoms with E-state index < -0.39 is 6.10 Å². The molecule has 106 valence electrons. The van der Waals surface area contributed by atoms with Gasteiger partial charge in [0.1, 0.15) is 11.9 Å². The van der Waals surface area contributed by atoms with Crippen LogP contribution in [0, 0.1) is 6.92 Å². The smallest absolute Gasteiger partial charge is 0.125 e. The first-order valence-corrected chi connectivity index (χ1v) is 7.17. The maximum atomic E-state index is 10.5. The van der Waals surface area contributed by atoms with Crippen LogP contribution in [0.3, 0.4) is 0 Å². The molecule has 1 atom stereocenters. The summed E-state index contributed by atoms with van der Waals surface area (Å²) in [6, 6.07) is 13.2. The van der Waals surface area contributed by atoms with Crippen molar-refractivity contribution in [3.05, 3.63) is 64.2 Å². The molecule has 0 saturated heterocycles. The van der Waals surface area contributed by atoms with Gasteiger partial charge in [0.15, 0.2) is 0 Å². The Balaban J connectivity index is 2.32. The molecular weight excluding hydrogens is 272 g/mol. The highest BCUT2D eigenvalue weighted by Gasteiger charge is 2.16. The lowest BCUT2D eigenvalue weighted by Crippen LogP contribution is -2.05. The van der Waals surface area contributed by atoms with Gasteiger partial charge in [0.25, 0.3) is 0 Å². The van der Waals surface area contributed by atoms with Crippen molar-refractivity contribution in [1.29, 1.82) is 0 Å². The summed E-state index contributed by atoms with van der Waals surface area (Å²) < 4.78 is 5.69. The van der Waals surface area contributed by atoms with Crippen molar-refractivity contribution in [3.63, 3.8) is 0 Å². The Morgan fingerprint density at radius 1 is 1.20 bits per heavy atom. The fraction of sp³-hybridized carbons (Fsp3) is 0.294. The Kier molecular flexibility index (Phi) is 5.05. The molecule has 3 heteroatoms. The number of hydrogen-bond donors (Lipinski definition) is 1. The third-order valence-corrected chi connectivity index (χ3v) is 3.59. The molecule has 1 N–H and O–H groups in total. The first kappa shape index (κ1) is 14.9. The molecule has 0 amide bonds. The minimum absolute atomic E-state index is 0.637. The van der Waals surface area contributed by atoms with Crippen LogP contribution in [0.1, 0.15) is 36.1 Å². The zero-order valence-electron chi connectivity index (χ0n) is 11.8. The summed E-state index contributed by atoms with van der Waals surface area (Å²) in [6.45, 7) is 4.63.